The van der Waals surface area contributed by atoms with E-state index in [1.54, 1.807) is 0 Å². The fraction of sp³-hybridized carbons (Fsp3) is 0.972. The van der Waals surface area contributed by atoms with Crippen LogP contribution in [0, 0.1) is 5.92 Å². The van der Waals surface area contributed by atoms with Crippen LogP contribution in [0.3, 0.4) is 0 Å². The lowest BCUT2D eigenvalue weighted by Gasteiger charge is -2.22. The zero-order chi connectivity index (χ0) is 29.7. The zero-order valence-electron chi connectivity index (χ0n) is 27.5. The highest BCUT2D eigenvalue weighted by atomic mass is 19.3. The molecule has 0 saturated carbocycles. The van der Waals surface area contributed by atoms with E-state index in [0.717, 1.165) is 63.7 Å². The van der Waals surface area contributed by atoms with Crippen molar-refractivity contribution in [1.82, 2.24) is 0 Å². The first-order valence-electron chi connectivity index (χ1n) is 18.0. The number of alkyl halides is 2. The summed E-state index contributed by atoms with van der Waals surface area (Å²) in [5.74, 6) is -3.91. The van der Waals surface area contributed by atoms with Gasteiger partial charge in [0.15, 0.2) is 0 Å². The van der Waals surface area contributed by atoms with E-state index in [4.69, 9.17) is 4.74 Å². The van der Waals surface area contributed by atoms with Gasteiger partial charge in [-0.3, -0.25) is 0 Å². The van der Waals surface area contributed by atoms with Crippen molar-refractivity contribution in [3.05, 3.63) is 0 Å². The third kappa shape index (κ3) is 25.1. The van der Waals surface area contributed by atoms with Crippen molar-refractivity contribution in [1.29, 1.82) is 0 Å². The van der Waals surface area contributed by atoms with Gasteiger partial charge in [-0.15, -0.1) is 0 Å². The molecule has 4 heteroatoms. The van der Waals surface area contributed by atoms with Gasteiger partial charge in [-0.1, -0.05) is 169 Å². The van der Waals surface area contributed by atoms with Gasteiger partial charge < -0.3 is 4.74 Å². The van der Waals surface area contributed by atoms with Gasteiger partial charge in [0.05, 0.1) is 0 Å². The van der Waals surface area contributed by atoms with Crippen molar-refractivity contribution in [3.8, 4) is 0 Å². The predicted octanol–water partition coefficient (Wildman–Crippen LogP) is 13.2. The van der Waals surface area contributed by atoms with Crippen LogP contribution in [0.15, 0.2) is 0 Å². The molecule has 0 fully saturated rings. The largest absolute Gasteiger partial charge is 0.458 e. The smallest absolute Gasteiger partial charge is 0.377 e. The Labute approximate surface area is 249 Å². The van der Waals surface area contributed by atoms with E-state index in [9.17, 15) is 13.6 Å². The number of hydrogen-bond donors (Lipinski definition) is 0. The third-order valence-corrected chi connectivity index (χ3v) is 8.57. The van der Waals surface area contributed by atoms with Gasteiger partial charge in [-0.05, 0) is 38.0 Å². The Morgan fingerprint density at radius 2 is 0.850 bits per heavy atom. The molecule has 0 aliphatic rings. The fourth-order valence-electron chi connectivity index (χ4n) is 5.69. The second-order valence-corrected chi connectivity index (χ2v) is 12.8. The minimum absolute atomic E-state index is 0.353. The van der Waals surface area contributed by atoms with Gasteiger partial charge in [0.1, 0.15) is 6.10 Å². The fourth-order valence-corrected chi connectivity index (χ4v) is 5.69. The van der Waals surface area contributed by atoms with E-state index in [-0.39, 0.29) is 12.5 Å². The molecule has 0 aromatic heterocycles. The molecule has 2 nitrogen and oxygen atoms in total. The Balaban J connectivity index is 4.20. The maximum Gasteiger partial charge on any atom is 0.377 e. The van der Waals surface area contributed by atoms with Crippen LogP contribution in [-0.2, 0) is 9.53 Å². The van der Waals surface area contributed by atoms with Crippen LogP contribution in [0.4, 0.5) is 8.78 Å². The van der Waals surface area contributed by atoms with E-state index >= 15 is 0 Å². The second kappa shape index (κ2) is 28.4. The molecule has 0 saturated heterocycles. The topological polar surface area (TPSA) is 26.3 Å². The van der Waals surface area contributed by atoms with Crippen molar-refractivity contribution in [2.75, 3.05) is 0 Å². The monoisotopic (exact) mass is 573 g/mol. The van der Waals surface area contributed by atoms with Crippen LogP contribution in [0.2, 0.25) is 0 Å². The standard InChI is InChI=1S/C36H70F2O2/c1-5-8-11-14-17-18-23-28-33(4)29-24-21-22-27-32-36(37,38)35(39)40-34(30-25-19-15-12-9-6-2)31-26-20-16-13-10-7-3/h33-34H,5-32H2,1-4H3. The minimum Gasteiger partial charge on any atom is -0.458 e. The van der Waals surface area contributed by atoms with Crippen molar-refractivity contribution >= 4 is 5.97 Å². The molecule has 0 heterocycles. The molecule has 0 radical (unpaired) electrons. The average molecular weight is 573 g/mol. The molecule has 1 unspecified atom stereocenters. The molecule has 0 spiro atoms. The number of carbonyl (C=O) groups is 1. The SMILES string of the molecule is CCCCCCCCCC(C)CCCCCCC(F)(F)C(=O)OC(CCCCCCCC)CCCCCCCC. The van der Waals surface area contributed by atoms with E-state index in [1.807, 2.05) is 0 Å². The van der Waals surface area contributed by atoms with E-state index in [2.05, 4.69) is 27.7 Å². The van der Waals surface area contributed by atoms with Crippen LogP contribution in [0.1, 0.15) is 207 Å². The highest BCUT2D eigenvalue weighted by Crippen LogP contribution is 2.27. The second-order valence-electron chi connectivity index (χ2n) is 12.8. The number of rotatable bonds is 31. The molecule has 0 aromatic rings. The predicted molar refractivity (Wildman–Crippen MR) is 170 cm³/mol. The van der Waals surface area contributed by atoms with Gasteiger partial charge in [0, 0.05) is 6.42 Å². The zero-order valence-corrected chi connectivity index (χ0v) is 27.5. The van der Waals surface area contributed by atoms with Crippen LogP contribution in [0.5, 0.6) is 0 Å². The first-order valence-corrected chi connectivity index (χ1v) is 18.0. The van der Waals surface area contributed by atoms with Crippen molar-refractivity contribution in [3.63, 3.8) is 0 Å². The summed E-state index contributed by atoms with van der Waals surface area (Å²) in [5, 5.41) is 0. The Hall–Kier alpha value is -0.670. The van der Waals surface area contributed by atoms with Crippen molar-refractivity contribution in [2.45, 2.75) is 220 Å². The summed E-state index contributed by atoms with van der Waals surface area (Å²) >= 11 is 0. The third-order valence-electron chi connectivity index (χ3n) is 8.57. The molecule has 0 rings (SSSR count). The maximum absolute atomic E-state index is 14.7. The van der Waals surface area contributed by atoms with Crippen molar-refractivity contribution < 1.29 is 18.3 Å². The molecule has 40 heavy (non-hydrogen) atoms. The summed E-state index contributed by atoms with van der Waals surface area (Å²) in [6, 6.07) is 0. The lowest BCUT2D eigenvalue weighted by Crippen LogP contribution is -2.34. The first kappa shape index (κ1) is 39.3. The van der Waals surface area contributed by atoms with Gasteiger partial charge in [0.2, 0.25) is 0 Å². The summed E-state index contributed by atoms with van der Waals surface area (Å²) in [5.41, 5.74) is 0. The molecule has 0 amide bonds. The minimum atomic E-state index is -3.36. The molecule has 0 aliphatic heterocycles. The van der Waals surface area contributed by atoms with E-state index in [1.165, 1.54) is 109 Å². The molecular weight excluding hydrogens is 502 g/mol. The Morgan fingerprint density at radius 3 is 1.25 bits per heavy atom. The van der Waals surface area contributed by atoms with Crippen LogP contribution in [0.25, 0.3) is 0 Å². The Kier molecular flexibility index (Phi) is 28.0. The molecule has 240 valence electrons. The van der Waals surface area contributed by atoms with Crippen LogP contribution >= 0.6 is 0 Å². The number of ether oxygens (including phenoxy) is 1. The summed E-state index contributed by atoms with van der Waals surface area (Å²) in [6.07, 6.45) is 29.7. The molecular formula is C36H70F2O2. The molecule has 0 bridgehead atoms. The van der Waals surface area contributed by atoms with Gasteiger partial charge in [-0.25, -0.2) is 4.79 Å². The lowest BCUT2D eigenvalue weighted by molar-refractivity contribution is -0.179. The lowest BCUT2D eigenvalue weighted by atomic mass is 9.95. The highest BCUT2D eigenvalue weighted by Gasteiger charge is 2.41. The molecule has 0 N–H and O–H groups in total. The summed E-state index contributed by atoms with van der Waals surface area (Å²) in [7, 11) is 0. The molecule has 1 atom stereocenters. The van der Waals surface area contributed by atoms with Crippen molar-refractivity contribution in [2.24, 2.45) is 5.92 Å². The van der Waals surface area contributed by atoms with E-state index in [0.29, 0.717) is 6.42 Å². The van der Waals surface area contributed by atoms with Gasteiger partial charge in [0.25, 0.3) is 0 Å². The summed E-state index contributed by atoms with van der Waals surface area (Å²) < 4.78 is 34.8. The Bertz CT molecular complexity index is 521. The number of hydrogen-bond acceptors (Lipinski definition) is 2. The first-order chi connectivity index (χ1) is 19.4. The normalized spacial score (nSPS) is 12.8. The van der Waals surface area contributed by atoms with Crippen LogP contribution < -0.4 is 0 Å². The maximum atomic E-state index is 14.7. The quantitative estimate of drug-likeness (QED) is 0.0610. The van der Waals surface area contributed by atoms with Gasteiger partial charge in [-0.2, -0.15) is 8.78 Å². The highest BCUT2D eigenvalue weighted by molar-refractivity contribution is 5.77. The summed E-state index contributed by atoms with van der Waals surface area (Å²) in [6.45, 7) is 8.99. The van der Waals surface area contributed by atoms with Gasteiger partial charge >= 0.3 is 11.9 Å². The number of esters is 1. The number of carbonyl (C=O) groups excluding carboxylic acids is 1. The van der Waals surface area contributed by atoms with Crippen LogP contribution in [-0.4, -0.2) is 18.0 Å². The number of halogens is 2. The number of unbranched alkanes of at least 4 members (excludes halogenated alkanes) is 19. The Morgan fingerprint density at radius 1 is 0.525 bits per heavy atom. The molecule has 0 aromatic carbocycles. The summed E-state index contributed by atoms with van der Waals surface area (Å²) in [4.78, 5) is 12.5. The average Bonchev–Trinajstić information content (AvgIpc) is 2.93. The van der Waals surface area contributed by atoms with E-state index < -0.39 is 11.9 Å². The molecule has 0 aliphatic carbocycles.